The van der Waals surface area contributed by atoms with Gasteiger partial charge in [0.25, 0.3) is 5.91 Å². The number of fused-ring (bicyclic) bond motifs is 3. The van der Waals surface area contributed by atoms with Crippen molar-refractivity contribution in [2.75, 3.05) is 67.2 Å². The molecule has 0 radical (unpaired) electrons. The molecule has 2 atom stereocenters. The first kappa shape index (κ1) is 25.3. The van der Waals surface area contributed by atoms with Gasteiger partial charge in [0.2, 0.25) is 0 Å². The number of nitrogens with zero attached hydrogens (tertiary/aromatic N) is 5. The van der Waals surface area contributed by atoms with Crippen LogP contribution in [0.5, 0.6) is 0 Å². The summed E-state index contributed by atoms with van der Waals surface area (Å²) in [6, 6.07) is 0.157. The van der Waals surface area contributed by atoms with Gasteiger partial charge in [-0.05, 0) is 12.8 Å². The van der Waals surface area contributed by atoms with E-state index in [1.54, 1.807) is 4.68 Å². The second kappa shape index (κ2) is 10.3. The summed E-state index contributed by atoms with van der Waals surface area (Å²) in [5.74, 6) is -0.583. The number of halogens is 2. The first-order chi connectivity index (χ1) is 18.5. The number of morpholine rings is 1. The molecule has 6 rings (SSSR count). The van der Waals surface area contributed by atoms with Crippen molar-refractivity contribution in [1.29, 1.82) is 0 Å². The number of carbonyl (C=O) groups excluding carboxylic acids is 1. The van der Waals surface area contributed by atoms with Gasteiger partial charge in [-0.3, -0.25) is 14.7 Å². The standard InChI is InChI=1S/C26H36F2N8O2/c27-18-12-30-13-19(22(18)35-9-8-34-10-11-38-16-17(34)15-35)32-25(37)21-23(29)33-36-24(21)31-14-20(28)26(36)6-4-2-1-3-5-7-26/h12-13,17,20,31H,1-11,14-16H2,(H2,29,33)(H,32,37)/t17-,20?/m0/s1. The van der Waals surface area contributed by atoms with E-state index in [0.717, 1.165) is 51.4 Å². The minimum Gasteiger partial charge on any atom is -0.381 e. The highest BCUT2D eigenvalue weighted by molar-refractivity contribution is 6.12. The Hall–Kier alpha value is -2.99. The van der Waals surface area contributed by atoms with Gasteiger partial charge in [-0.25, -0.2) is 13.5 Å². The predicted octanol–water partition coefficient (Wildman–Crippen LogP) is 2.98. The Kier molecular flexibility index (Phi) is 6.85. The molecule has 12 heteroatoms. The molecule has 2 aromatic heterocycles. The van der Waals surface area contributed by atoms with Crippen LogP contribution in [0.1, 0.15) is 55.3 Å². The number of nitrogens with one attached hydrogen (secondary N) is 2. The summed E-state index contributed by atoms with van der Waals surface area (Å²) in [5.41, 5.74) is 6.18. The lowest BCUT2D eigenvalue weighted by molar-refractivity contribution is -0.0117. The summed E-state index contributed by atoms with van der Waals surface area (Å²) in [4.78, 5) is 21.9. The largest absolute Gasteiger partial charge is 0.381 e. The van der Waals surface area contributed by atoms with Crippen molar-refractivity contribution >= 4 is 28.9 Å². The molecule has 0 aromatic carbocycles. The number of piperazine rings is 1. The molecule has 3 aliphatic heterocycles. The van der Waals surface area contributed by atoms with E-state index in [2.05, 4.69) is 25.6 Å². The van der Waals surface area contributed by atoms with Crippen LogP contribution in [0.2, 0.25) is 0 Å². The summed E-state index contributed by atoms with van der Waals surface area (Å²) in [7, 11) is 0. The topological polar surface area (TPSA) is 114 Å². The van der Waals surface area contributed by atoms with E-state index in [1.807, 2.05) is 4.90 Å². The van der Waals surface area contributed by atoms with Crippen LogP contribution in [-0.2, 0) is 10.3 Å². The number of nitrogen functional groups attached to an aromatic ring is 1. The molecule has 5 heterocycles. The molecule has 1 aliphatic carbocycles. The zero-order valence-corrected chi connectivity index (χ0v) is 21.6. The third-order valence-electron chi connectivity index (χ3n) is 8.69. The molecule has 206 valence electrons. The van der Waals surface area contributed by atoms with Crippen molar-refractivity contribution in [1.82, 2.24) is 19.7 Å². The van der Waals surface area contributed by atoms with Crippen molar-refractivity contribution in [3.8, 4) is 0 Å². The molecule has 2 aromatic rings. The van der Waals surface area contributed by atoms with E-state index >= 15 is 8.78 Å². The molecule has 3 fully saturated rings. The van der Waals surface area contributed by atoms with Crippen molar-refractivity contribution < 1.29 is 18.3 Å². The quantitative estimate of drug-likeness (QED) is 0.555. The summed E-state index contributed by atoms with van der Waals surface area (Å²) in [5, 5.41) is 10.4. The fourth-order valence-electron chi connectivity index (χ4n) is 6.67. The summed E-state index contributed by atoms with van der Waals surface area (Å²) in [6.45, 7) is 4.23. The maximum Gasteiger partial charge on any atom is 0.263 e. The van der Waals surface area contributed by atoms with E-state index in [9.17, 15) is 4.79 Å². The van der Waals surface area contributed by atoms with Crippen molar-refractivity contribution in [2.24, 2.45) is 0 Å². The maximum atomic E-state index is 15.5. The average Bonchev–Trinajstić information content (AvgIpc) is 3.24. The predicted molar refractivity (Wildman–Crippen MR) is 141 cm³/mol. The second-order valence-electron chi connectivity index (χ2n) is 10.9. The van der Waals surface area contributed by atoms with Crippen LogP contribution in [0, 0.1) is 5.82 Å². The van der Waals surface area contributed by atoms with Gasteiger partial charge in [-0.15, -0.1) is 0 Å². The number of hydrogen-bond donors (Lipinski definition) is 3. The minimum absolute atomic E-state index is 0.0272. The number of hydrogen-bond acceptors (Lipinski definition) is 8. The van der Waals surface area contributed by atoms with E-state index in [-0.39, 0.29) is 29.7 Å². The molecular formula is C26H36F2N8O2. The Morgan fingerprint density at radius 1 is 1.16 bits per heavy atom. The maximum absolute atomic E-state index is 15.5. The van der Waals surface area contributed by atoms with Gasteiger partial charge in [0.05, 0.1) is 42.9 Å². The van der Waals surface area contributed by atoms with E-state index in [0.29, 0.717) is 50.7 Å². The number of pyridine rings is 1. The first-order valence-corrected chi connectivity index (χ1v) is 13.8. The lowest BCUT2D eigenvalue weighted by Gasteiger charge is -2.44. The molecule has 1 amide bonds. The Bertz CT molecular complexity index is 1180. The van der Waals surface area contributed by atoms with E-state index < -0.39 is 23.4 Å². The summed E-state index contributed by atoms with van der Waals surface area (Å²) in [6.07, 6.45) is 7.84. The molecule has 1 spiro atoms. The molecule has 4 aliphatic rings. The van der Waals surface area contributed by atoms with Gasteiger partial charge >= 0.3 is 0 Å². The smallest absolute Gasteiger partial charge is 0.263 e. The van der Waals surface area contributed by atoms with Gasteiger partial charge in [0.15, 0.2) is 11.6 Å². The number of nitrogens with two attached hydrogens (primary N) is 1. The number of carbonyl (C=O) groups is 1. The first-order valence-electron chi connectivity index (χ1n) is 13.8. The molecular weight excluding hydrogens is 494 g/mol. The number of rotatable bonds is 3. The molecule has 4 N–H and O–H groups in total. The van der Waals surface area contributed by atoms with Crippen molar-refractivity contribution in [3.05, 3.63) is 23.8 Å². The van der Waals surface area contributed by atoms with Crippen LogP contribution in [0.4, 0.5) is 31.8 Å². The van der Waals surface area contributed by atoms with Crippen LogP contribution < -0.4 is 21.3 Å². The third kappa shape index (κ3) is 4.37. The van der Waals surface area contributed by atoms with Gasteiger partial charge < -0.3 is 26.0 Å². The minimum atomic E-state index is -1.13. The zero-order valence-electron chi connectivity index (χ0n) is 21.6. The molecule has 2 saturated heterocycles. The lowest BCUT2D eigenvalue weighted by atomic mass is 9.79. The summed E-state index contributed by atoms with van der Waals surface area (Å²) >= 11 is 0. The molecule has 10 nitrogen and oxygen atoms in total. The monoisotopic (exact) mass is 530 g/mol. The Labute approximate surface area is 220 Å². The van der Waals surface area contributed by atoms with Crippen LogP contribution in [0.15, 0.2) is 12.4 Å². The number of amides is 1. The van der Waals surface area contributed by atoms with Crippen LogP contribution in [-0.4, -0.2) is 83.7 Å². The highest BCUT2D eigenvalue weighted by atomic mass is 19.1. The molecule has 1 unspecified atom stereocenters. The number of ether oxygens (including phenoxy) is 1. The highest BCUT2D eigenvalue weighted by Crippen LogP contribution is 2.44. The van der Waals surface area contributed by atoms with Crippen LogP contribution in [0.25, 0.3) is 0 Å². The van der Waals surface area contributed by atoms with Gasteiger partial charge in [0.1, 0.15) is 23.2 Å². The van der Waals surface area contributed by atoms with Crippen LogP contribution in [0.3, 0.4) is 0 Å². The van der Waals surface area contributed by atoms with Crippen molar-refractivity contribution in [2.45, 2.75) is 62.7 Å². The number of anilines is 4. The lowest BCUT2D eigenvalue weighted by Crippen LogP contribution is -2.58. The molecule has 1 saturated carbocycles. The second-order valence-corrected chi connectivity index (χ2v) is 10.9. The normalized spacial score (nSPS) is 25.6. The Morgan fingerprint density at radius 3 is 2.76 bits per heavy atom. The SMILES string of the molecule is Nc1nn2c(c1C(=O)Nc1cncc(F)c1N1CCN3CCOC[C@@H]3C1)NCC(F)C21CCCCCCC1. The van der Waals surface area contributed by atoms with Gasteiger partial charge in [-0.1, -0.05) is 32.1 Å². The number of alkyl halides is 1. The van der Waals surface area contributed by atoms with Gasteiger partial charge in [-0.2, -0.15) is 5.10 Å². The molecule has 38 heavy (non-hydrogen) atoms. The fraction of sp³-hybridized carbons (Fsp3) is 0.654. The van der Waals surface area contributed by atoms with Crippen LogP contribution >= 0.6 is 0 Å². The summed E-state index contributed by atoms with van der Waals surface area (Å²) < 4.78 is 37.9. The van der Waals surface area contributed by atoms with E-state index in [1.165, 1.54) is 6.20 Å². The third-order valence-corrected chi connectivity index (χ3v) is 8.69. The average molecular weight is 531 g/mol. The molecule has 0 bridgehead atoms. The van der Waals surface area contributed by atoms with E-state index in [4.69, 9.17) is 10.5 Å². The van der Waals surface area contributed by atoms with Crippen molar-refractivity contribution in [3.63, 3.8) is 0 Å². The number of aromatic nitrogens is 3. The fourth-order valence-corrected chi connectivity index (χ4v) is 6.67. The Morgan fingerprint density at radius 2 is 1.95 bits per heavy atom. The highest BCUT2D eigenvalue weighted by Gasteiger charge is 2.47. The van der Waals surface area contributed by atoms with Gasteiger partial charge in [0, 0.05) is 32.7 Å². The zero-order chi connectivity index (χ0) is 26.3. The Balaban J connectivity index is 1.29.